The number of aliphatic hydroxyl groups is 1. The molecule has 2 unspecified atom stereocenters. The Bertz CT molecular complexity index is 413. The van der Waals surface area contributed by atoms with Crippen molar-refractivity contribution in [2.24, 2.45) is 5.73 Å². The highest BCUT2D eigenvalue weighted by atomic mass is 32.1. The second-order valence-electron chi connectivity index (χ2n) is 4.80. The predicted octanol–water partition coefficient (Wildman–Crippen LogP) is 0.749. The molecule has 104 valence electrons. The molecule has 1 fully saturated rings. The van der Waals surface area contributed by atoms with Gasteiger partial charge in [0.05, 0.1) is 24.3 Å². The number of rotatable bonds is 5. The molecule has 1 aliphatic heterocycles. The Kier molecular flexibility index (Phi) is 5.27. The van der Waals surface area contributed by atoms with Crippen LogP contribution in [0.4, 0.5) is 0 Å². The molecule has 3 N–H and O–H groups in total. The van der Waals surface area contributed by atoms with Crippen molar-refractivity contribution in [1.82, 2.24) is 4.90 Å². The molecule has 1 aromatic rings. The molecular formula is C14H20N2O2S. The Hall–Kier alpha value is -1.01. The van der Waals surface area contributed by atoms with Gasteiger partial charge < -0.3 is 15.6 Å². The number of hydrogen-bond acceptors (Lipinski definition) is 4. The number of benzene rings is 1. The minimum Gasteiger partial charge on any atom is -0.394 e. The van der Waals surface area contributed by atoms with Crippen molar-refractivity contribution in [3.8, 4) is 0 Å². The van der Waals surface area contributed by atoms with Crippen LogP contribution in [0.1, 0.15) is 11.5 Å². The van der Waals surface area contributed by atoms with Gasteiger partial charge in [-0.1, -0.05) is 42.5 Å². The number of aliphatic hydroxyl groups excluding tert-OH is 1. The van der Waals surface area contributed by atoms with Crippen molar-refractivity contribution in [1.29, 1.82) is 0 Å². The summed E-state index contributed by atoms with van der Waals surface area (Å²) in [5.74, 6) is 0.0497. The third-order valence-electron chi connectivity index (χ3n) is 3.41. The van der Waals surface area contributed by atoms with E-state index in [0.717, 1.165) is 25.2 Å². The molecule has 2 rings (SSSR count). The summed E-state index contributed by atoms with van der Waals surface area (Å²) in [6, 6.07) is 10.1. The summed E-state index contributed by atoms with van der Waals surface area (Å²) < 4.78 is 5.45. The lowest BCUT2D eigenvalue weighted by Gasteiger charge is -2.34. The van der Waals surface area contributed by atoms with E-state index >= 15 is 0 Å². The van der Waals surface area contributed by atoms with Crippen LogP contribution >= 0.6 is 12.2 Å². The van der Waals surface area contributed by atoms with E-state index in [2.05, 4.69) is 4.90 Å². The van der Waals surface area contributed by atoms with Crippen LogP contribution in [0.15, 0.2) is 30.3 Å². The third-order valence-corrected chi connectivity index (χ3v) is 3.70. The van der Waals surface area contributed by atoms with E-state index in [1.54, 1.807) is 0 Å². The molecule has 1 saturated heterocycles. The monoisotopic (exact) mass is 280 g/mol. The average molecular weight is 280 g/mol. The lowest BCUT2D eigenvalue weighted by Crippen LogP contribution is -2.46. The lowest BCUT2D eigenvalue weighted by molar-refractivity contribution is -0.0528. The molecule has 4 nitrogen and oxygen atoms in total. The molecular weight excluding hydrogens is 260 g/mol. The molecule has 0 amide bonds. The first-order chi connectivity index (χ1) is 9.20. The maximum Gasteiger partial charge on any atom is 0.0932 e. The van der Waals surface area contributed by atoms with Gasteiger partial charge >= 0.3 is 0 Å². The normalized spacial score (nSPS) is 22.1. The second-order valence-corrected chi connectivity index (χ2v) is 5.27. The van der Waals surface area contributed by atoms with Crippen molar-refractivity contribution in [2.45, 2.75) is 12.0 Å². The van der Waals surface area contributed by atoms with Gasteiger partial charge in [-0.05, 0) is 5.56 Å². The number of nitrogens with zero attached hydrogens (tertiary/aromatic N) is 1. The number of nitrogens with two attached hydrogens (primary N) is 1. The maximum atomic E-state index is 9.17. The number of hydrogen-bond donors (Lipinski definition) is 2. The topological polar surface area (TPSA) is 58.7 Å². The molecule has 2 atom stereocenters. The van der Waals surface area contributed by atoms with E-state index in [9.17, 15) is 0 Å². The average Bonchev–Trinajstić information content (AvgIpc) is 2.45. The van der Waals surface area contributed by atoms with E-state index < -0.39 is 0 Å². The standard InChI is InChI=1S/C14H20N2O2S/c15-14(19)13(11-4-2-1-3-5-11)9-16-6-7-18-12(8-16)10-17/h1-5,12-13,17H,6-10H2,(H2,15,19). The highest BCUT2D eigenvalue weighted by Gasteiger charge is 2.24. The summed E-state index contributed by atoms with van der Waals surface area (Å²) in [6.45, 7) is 3.05. The predicted molar refractivity (Wildman–Crippen MR) is 79.2 cm³/mol. The summed E-state index contributed by atoms with van der Waals surface area (Å²) in [5.41, 5.74) is 7.02. The molecule has 0 spiro atoms. The molecule has 1 aromatic carbocycles. The molecule has 5 heteroatoms. The smallest absolute Gasteiger partial charge is 0.0932 e. The van der Waals surface area contributed by atoms with Gasteiger partial charge in [0.15, 0.2) is 0 Å². The largest absolute Gasteiger partial charge is 0.394 e. The van der Waals surface area contributed by atoms with Crippen LogP contribution < -0.4 is 5.73 Å². The lowest BCUT2D eigenvalue weighted by atomic mass is 9.98. The fourth-order valence-corrected chi connectivity index (χ4v) is 2.57. The summed E-state index contributed by atoms with van der Waals surface area (Å²) in [4.78, 5) is 2.76. The van der Waals surface area contributed by atoms with Crippen molar-refractivity contribution in [2.75, 3.05) is 32.8 Å². The first kappa shape index (κ1) is 14.4. The van der Waals surface area contributed by atoms with Crippen molar-refractivity contribution < 1.29 is 9.84 Å². The fraction of sp³-hybridized carbons (Fsp3) is 0.500. The van der Waals surface area contributed by atoms with E-state index in [0.29, 0.717) is 11.6 Å². The van der Waals surface area contributed by atoms with Crippen LogP contribution in [-0.4, -0.2) is 53.9 Å². The summed E-state index contributed by atoms with van der Waals surface area (Å²) in [5, 5.41) is 9.17. The Balaban J connectivity index is 2.03. The van der Waals surface area contributed by atoms with Gasteiger partial charge in [-0.25, -0.2) is 0 Å². The molecule has 1 aliphatic rings. The van der Waals surface area contributed by atoms with Crippen LogP contribution in [0.2, 0.25) is 0 Å². The number of thiocarbonyl (C=S) groups is 1. The fourth-order valence-electron chi connectivity index (χ4n) is 2.36. The molecule has 1 heterocycles. The molecule has 0 aromatic heterocycles. The third kappa shape index (κ3) is 3.98. The highest BCUT2D eigenvalue weighted by molar-refractivity contribution is 7.80. The van der Waals surface area contributed by atoms with Gasteiger partial charge in [0, 0.05) is 25.6 Å². The summed E-state index contributed by atoms with van der Waals surface area (Å²) in [6.07, 6.45) is -0.100. The molecule has 0 aliphatic carbocycles. The SMILES string of the molecule is NC(=S)C(CN1CCOC(CO)C1)c1ccccc1. The van der Waals surface area contributed by atoms with Crippen molar-refractivity contribution in [3.05, 3.63) is 35.9 Å². The molecule has 19 heavy (non-hydrogen) atoms. The Labute approximate surface area is 119 Å². The Morgan fingerprint density at radius 2 is 2.21 bits per heavy atom. The second kappa shape index (κ2) is 6.96. The first-order valence-corrected chi connectivity index (χ1v) is 6.90. The van der Waals surface area contributed by atoms with Gasteiger partial charge in [-0.2, -0.15) is 0 Å². The van der Waals surface area contributed by atoms with Crippen molar-refractivity contribution in [3.63, 3.8) is 0 Å². The van der Waals surface area contributed by atoms with Gasteiger partial charge in [0.25, 0.3) is 0 Å². The van der Waals surface area contributed by atoms with E-state index in [1.165, 1.54) is 0 Å². The van der Waals surface area contributed by atoms with Crippen LogP contribution in [0.3, 0.4) is 0 Å². The quantitative estimate of drug-likeness (QED) is 0.780. The van der Waals surface area contributed by atoms with E-state index in [1.807, 2.05) is 30.3 Å². The van der Waals surface area contributed by atoms with Crippen LogP contribution in [-0.2, 0) is 4.74 Å². The van der Waals surface area contributed by atoms with Gasteiger partial charge in [0.2, 0.25) is 0 Å². The molecule has 0 saturated carbocycles. The zero-order valence-electron chi connectivity index (χ0n) is 10.9. The van der Waals surface area contributed by atoms with Crippen molar-refractivity contribution >= 4 is 17.2 Å². The van der Waals surface area contributed by atoms with E-state index in [-0.39, 0.29) is 18.6 Å². The zero-order valence-corrected chi connectivity index (χ0v) is 11.7. The molecule has 0 radical (unpaired) electrons. The van der Waals surface area contributed by atoms with Crippen LogP contribution in [0.25, 0.3) is 0 Å². The summed E-state index contributed by atoms with van der Waals surface area (Å²) >= 11 is 5.20. The van der Waals surface area contributed by atoms with Crippen LogP contribution in [0.5, 0.6) is 0 Å². The Morgan fingerprint density at radius 3 is 2.84 bits per heavy atom. The highest BCUT2D eigenvalue weighted by Crippen LogP contribution is 2.19. The first-order valence-electron chi connectivity index (χ1n) is 6.49. The van der Waals surface area contributed by atoms with Gasteiger partial charge in [0.1, 0.15) is 0 Å². The minimum absolute atomic E-state index is 0.0497. The van der Waals surface area contributed by atoms with Gasteiger partial charge in [-0.3, -0.25) is 4.90 Å². The van der Waals surface area contributed by atoms with Gasteiger partial charge in [-0.15, -0.1) is 0 Å². The Morgan fingerprint density at radius 1 is 1.47 bits per heavy atom. The molecule has 0 bridgehead atoms. The zero-order chi connectivity index (χ0) is 13.7. The number of ether oxygens (including phenoxy) is 1. The van der Waals surface area contributed by atoms with Crippen LogP contribution in [0, 0.1) is 0 Å². The number of morpholine rings is 1. The maximum absolute atomic E-state index is 9.17. The summed E-state index contributed by atoms with van der Waals surface area (Å²) in [7, 11) is 0. The minimum atomic E-state index is -0.100. The van der Waals surface area contributed by atoms with E-state index in [4.69, 9.17) is 27.8 Å².